The van der Waals surface area contributed by atoms with Crippen molar-refractivity contribution in [2.45, 2.75) is 38.0 Å². The molecule has 2 aromatic rings. The number of nitrogens with one attached hydrogen (secondary N) is 2. The normalized spacial score (nSPS) is 21.8. The summed E-state index contributed by atoms with van der Waals surface area (Å²) in [5.41, 5.74) is 7.56. The quantitative estimate of drug-likeness (QED) is 0.782. The van der Waals surface area contributed by atoms with Crippen LogP contribution in [-0.4, -0.2) is 9.97 Å². The molecule has 1 fully saturated rings. The lowest BCUT2D eigenvalue weighted by molar-refractivity contribution is -0.137. The van der Waals surface area contributed by atoms with Crippen LogP contribution in [0.25, 0.3) is 0 Å². The van der Waals surface area contributed by atoms with Gasteiger partial charge in [0, 0.05) is 17.8 Å². The van der Waals surface area contributed by atoms with Crippen LogP contribution in [0.2, 0.25) is 0 Å². The van der Waals surface area contributed by atoms with Gasteiger partial charge in [0.25, 0.3) is 0 Å². The summed E-state index contributed by atoms with van der Waals surface area (Å²) in [6.07, 6.45) is -2.32. The third-order valence-electron chi connectivity index (χ3n) is 4.64. The van der Waals surface area contributed by atoms with Gasteiger partial charge in [-0.05, 0) is 43.0 Å². The van der Waals surface area contributed by atoms with Crippen molar-refractivity contribution in [3.8, 4) is 0 Å². The first-order valence-electron chi connectivity index (χ1n) is 7.71. The number of aryl methyl sites for hydroxylation is 1. The molecule has 0 aliphatic carbocycles. The highest BCUT2D eigenvalue weighted by Gasteiger charge is 2.37. The lowest BCUT2D eigenvalue weighted by atomic mass is 9.91. The third kappa shape index (κ3) is 2.37. The first kappa shape index (κ1) is 15.2. The molecule has 5 nitrogen and oxygen atoms in total. The van der Waals surface area contributed by atoms with Crippen LogP contribution in [0.1, 0.15) is 47.3 Å². The fourth-order valence-electron chi connectivity index (χ4n) is 3.64. The highest BCUT2D eigenvalue weighted by molar-refractivity contribution is 5.60. The Kier molecular flexibility index (Phi) is 3.21. The highest BCUT2D eigenvalue weighted by atomic mass is 19.4. The van der Waals surface area contributed by atoms with Crippen molar-refractivity contribution in [3.63, 3.8) is 0 Å². The van der Waals surface area contributed by atoms with E-state index in [9.17, 15) is 13.2 Å². The van der Waals surface area contributed by atoms with Crippen molar-refractivity contribution in [2.75, 3.05) is 11.1 Å². The Morgan fingerprint density at radius 1 is 1.17 bits per heavy atom. The number of benzene rings is 1. The minimum atomic E-state index is -4.56. The van der Waals surface area contributed by atoms with Crippen LogP contribution < -0.4 is 16.4 Å². The molecular formula is C16H16F3N5. The zero-order chi connectivity index (χ0) is 17.1. The molecule has 2 atom stereocenters. The summed E-state index contributed by atoms with van der Waals surface area (Å²) in [4.78, 5) is 7.66. The van der Waals surface area contributed by atoms with Crippen molar-refractivity contribution < 1.29 is 13.2 Å². The van der Waals surface area contributed by atoms with Crippen LogP contribution in [0, 0.1) is 6.92 Å². The molecule has 4 N–H and O–H groups in total. The molecule has 0 radical (unpaired) electrons. The molecule has 3 heterocycles. The van der Waals surface area contributed by atoms with Gasteiger partial charge in [-0.2, -0.15) is 18.2 Å². The number of anilines is 3. The molecule has 1 aromatic heterocycles. The minimum Gasteiger partial charge on any atom is -0.383 e. The Morgan fingerprint density at radius 2 is 1.88 bits per heavy atom. The van der Waals surface area contributed by atoms with Crippen molar-refractivity contribution in [1.82, 2.24) is 15.3 Å². The molecule has 1 saturated heterocycles. The number of hydrogen-bond acceptors (Lipinski definition) is 5. The molecule has 1 aromatic carbocycles. The van der Waals surface area contributed by atoms with Gasteiger partial charge in [0.05, 0.1) is 5.69 Å². The zero-order valence-electron chi connectivity index (χ0n) is 12.9. The van der Waals surface area contributed by atoms with Crippen molar-refractivity contribution in [3.05, 3.63) is 40.6 Å². The van der Waals surface area contributed by atoms with Crippen LogP contribution >= 0.6 is 0 Å². The predicted molar refractivity (Wildman–Crippen MR) is 83.8 cm³/mol. The summed E-state index contributed by atoms with van der Waals surface area (Å²) in [6, 6.07) is 6.69. The molecular weight excluding hydrogens is 319 g/mol. The first-order valence-corrected chi connectivity index (χ1v) is 7.71. The largest absolute Gasteiger partial charge is 0.421 e. The average Bonchev–Trinajstić information content (AvgIpc) is 3.06. The Labute approximate surface area is 136 Å². The van der Waals surface area contributed by atoms with E-state index in [1.54, 1.807) is 0 Å². The Balaban J connectivity index is 1.64. The lowest BCUT2D eigenvalue weighted by Crippen LogP contribution is -2.15. The molecule has 4 rings (SSSR count). The maximum absolute atomic E-state index is 12.9. The van der Waals surface area contributed by atoms with Gasteiger partial charge < -0.3 is 16.4 Å². The van der Waals surface area contributed by atoms with E-state index in [4.69, 9.17) is 5.73 Å². The van der Waals surface area contributed by atoms with Crippen LogP contribution in [0.3, 0.4) is 0 Å². The highest BCUT2D eigenvalue weighted by Crippen LogP contribution is 2.45. The second kappa shape index (κ2) is 5.07. The molecule has 8 heteroatoms. The van der Waals surface area contributed by atoms with Crippen LogP contribution in [0.4, 0.5) is 30.6 Å². The molecule has 2 bridgehead atoms. The van der Waals surface area contributed by atoms with Crippen molar-refractivity contribution >= 4 is 17.5 Å². The second-order valence-electron chi connectivity index (χ2n) is 6.21. The number of rotatable bonds is 2. The number of hydrogen-bond donors (Lipinski definition) is 3. The van der Waals surface area contributed by atoms with Crippen molar-refractivity contribution in [2.24, 2.45) is 0 Å². The number of nitrogens with two attached hydrogens (primary N) is 1. The summed E-state index contributed by atoms with van der Waals surface area (Å²) in [5.74, 6) is -0.506. The number of alkyl halides is 3. The van der Waals surface area contributed by atoms with Gasteiger partial charge in [-0.3, -0.25) is 0 Å². The number of fused-ring (bicyclic) bond motifs is 5. The SMILES string of the molecule is Cc1nc(Nc2ccc3c(c2)C2CCC3N2)nc(N)c1C(F)(F)F. The molecule has 126 valence electrons. The molecule has 0 spiro atoms. The Bertz CT molecular complexity index is 795. The summed E-state index contributed by atoms with van der Waals surface area (Å²) in [5, 5.41) is 6.48. The summed E-state index contributed by atoms with van der Waals surface area (Å²) < 4.78 is 38.8. The summed E-state index contributed by atoms with van der Waals surface area (Å²) >= 11 is 0. The standard InChI is InChI=1S/C16H16F3N5/c1-7-13(16(17,18)19)14(20)24-15(21-7)22-8-2-3-9-10(6-8)12-5-4-11(9)23-12/h2-3,6,11-12,23H,4-5H2,1H3,(H3,20,21,22,24). The van der Waals surface area contributed by atoms with E-state index in [0.717, 1.165) is 18.5 Å². The topological polar surface area (TPSA) is 75.9 Å². The van der Waals surface area contributed by atoms with Crippen LogP contribution in [0.5, 0.6) is 0 Å². The molecule has 0 amide bonds. The van der Waals surface area contributed by atoms with E-state index in [1.165, 1.54) is 18.1 Å². The van der Waals surface area contributed by atoms with Gasteiger partial charge in [0.1, 0.15) is 11.4 Å². The fourth-order valence-corrected chi connectivity index (χ4v) is 3.64. The van der Waals surface area contributed by atoms with E-state index in [2.05, 4.69) is 20.6 Å². The minimum absolute atomic E-state index is 0.0639. The van der Waals surface area contributed by atoms with E-state index in [-0.39, 0.29) is 11.6 Å². The second-order valence-corrected chi connectivity index (χ2v) is 6.21. The number of nitrogen functional groups attached to an aromatic ring is 1. The summed E-state index contributed by atoms with van der Waals surface area (Å²) in [6.45, 7) is 1.28. The third-order valence-corrected chi connectivity index (χ3v) is 4.64. The lowest BCUT2D eigenvalue weighted by Gasteiger charge is -2.16. The average molecular weight is 335 g/mol. The fraction of sp³-hybridized carbons (Fsp3) is 0.375. The van der Waals surface area contributed by atoms with Crippen LogP contribution in [-0.2, 0) is 6.18 Å². The Hall–Kier alpha value is -2.35. The number of aromatic nitrogens is 2. The maximum atomic E-state index is 12.9. The van der Waals surface area contributed by atoms with Crippen LogP contribution in [0.15, 0.2) is 18.2 Å². The van der Waals surface area contributed by atoms with Gasteiger partial charge >= 0.3 is 6.18 Å². The first-order chi connectivity index (χ1) is 11.3. The summed E-state index contributed by atoms with van der Waals surface area (Å²) in [7, 11) is 0. The van der Waals surface area contributed by atoms with Gasteiger partial charge in [0.2, 0.25) is 5.95 Å². The molecule has 2 aliphatic heterocycles. The Morgan fingerprint density at radius 3 is 2.54 bits per heavy atom. The van der Waals surface area contributed by atoms with Crippen molar-refractivity contribution in [1.29, 1.82) is 0 Å². The monoisotopic (exact) mass is 335 g/mol. The molecule has 2 aliphatic rings. The van der Waals surface area contributed by atoms with Gasteiger partial charge in [-0.1, -0.05) is 6.07 Å². The molecule has 2 unspecified atom stereocenters. The van der Waals surface area contributed by atoms with Gasteiger partial charge in [-0.25, -0.2) is 4.98 Å². The zero-order valence-corrected chi connectivity index (χ0v) is 12.9. The molecule has 24 heavy (non-hydrogen) atoms. The number of halogens is 3. The number of nitrogens with zero attached hydrogens (tertiary/aromatic N) is 2. The molecule has 0 saturated carbocycles. The van der Waals surface area contributed by atoms with E-state index < -0.39 is 17.6 Å². The van der Waals surface area contributed by atoms with E-state index in [1.807, 2.05) is 18.2 Å². The maximum Gasteiger partial charge on any atom is 0.421 e. The predicted octanol–water partition coefficient (Wildman–Crippen LogP) is 3.61. The van der Waals surface area contributed by atoms with Gasteiger partial charge in [-0.15, -0.1) is 0 Å². The van der Waals surface area contributed by atoms with E-state index in [0.29, 0.717) is 12.1 Å². The smallest absolute Gasteiger partial charge is 0.383 e. The van der Waals surface area contributed by atoms with E-state index >= 15 is 0 Å². The van der Waals surface area contributed by atoms with Gasteiger partial charge in [0.15, 0.2) is 0 Å².